The van der Waals surface area contributed by atoms with Gasteiger partial charge in [-0.1, -0.05) is 32.6 Å². The summed E-state index contributed by atoms with van der Waals surface area (Å²) in [5.41, 5.74) is 0. The van der Waals surface area contributed by atoms with Crippen LogP contribution in [0.4, 0.5) is 0 Å². The molecule has 0 rings (SSSR count). The van der Waals surface area contributed by atoms with Crippen LogP contribution in [0.2, 0.25) is 0 Å². The molecule has 0 aliphatic rings. The van der Waals surface area contributed by atoms with E-state index in [4.69, 9.17) is 37.9 Å². The molecule has 188 valence electrons. The van der Waals surface area contributed by atoms with Gasteiger partial charge in [0, 0.05) is 13.2 Å². The minimum atomic E-state index is 0.552. The quantitative estimate of drug-likeness (QED) is 0.168. The number of ether oxygens (including phenoxy) is 8. The molecule has 0 radical (unpaired) electrons. The lowest BCUT2D eigenvalue weighted by molar-refractivity contribution is -0.0229. The maximum absolute atomic E-state index is 5.54. The van der Waals surface area contributed by atoms with Gasteiger partial charge in [0.2, 0.25) is 0 Å². The maximum Gasteiger partial charge on any atom is 0.0701 e. The van der Waals surface area contributed by atoms with Crippen molar-refractivity contribution in [2.45, 2.75) is 46.0 Å². The highest BCUT2D eigenvalue weighted by Gasteiger charge is 1.95. The summed E-state index contributed by atoms with van der Waals surface area (Å²) in [5, 5.41) is 0. The summed E-state index contributed by atoms with van der Waals surface area (Å²) in [6.07, 6.45) is 6.32. The second-order valence-corrected chi connectivity index (χ2v) is 6.90. The predicted molar refractivity (Wildman–Crippen MR) is 121 cm³/mol. The van der Waals surface area contributed by atoms with Gasteiger partial charge >= 0.3 is 0 Å². The van der Waals surface area contributed by atoms with Crippen LogP contribution >= 0.6 is 0 Å². The fourth-order valence-corrected chi connectivity index (χ4v) is 2.49. The average molecular weight is 453 g/mol. The van der Waals surface area contributed by atoms with Crippen LogP contribution < -0.4 is 0 Å². The summed E-state index contributed by atoms with van der Waals surface area (Å²) in [7, 11) is 0. The van der Waals surface area contributed by atoms with Crippen LogP contribution in [0.25, 0.3) is 0 Å². The molecule has 0 N–H and O–H groups in total. The molecule has 8 heteroatoms. The third kappa shape index (κ3) is 29.7. The van der Waals surface area contributed by atoms with Gasteiger partial charge in [-0.15, -0.1) is 0 Å². The van der Waals surface area contributed by atoms with Crippen LogP contribution in [-0.2, 0) is 37.9 Å². The lowest BCUT2D eigenvalue weighted by atomic mass is 10.2. The maximum atomic E-state index is 5.54. The summed E-state index contributed by atoms with van der Waals surface area (Å²) in [6, 6.07) is 0. The molecule has 8 nitrogen and oxygen atoms in total. The first kappa shape index (κ1) is 30.7. The minimum Gasteiger partial charge on any atom is -0.379 e. The third-order valence-electron chi connectivity index (χ3n) is 4.20. The second kappa shape index (κ2) is 29.7. The van der Waals surface area contributed by atoms with Crippen LogP contribution in [0.1, 0.15) is 46.0 Å². The van der Waals surface area contributed by atoms with Gasteiger partial charge in [-0.05, 0) is 13.3 Å². The molecule has 0 atom stereocenters. The Hall–Kier alpha value is -0.320. The van der Waals surface area contributed by atoms with Crippen molar-refractivity contribution in [2.24, 2.45) is 0 Å². The molecule has 0 aliphatic carbocycles. The Morgan fingerprint density at radius 3 is 0.903 bits per heavy atom. The highest BCUT2D eigenvalue weighted by Crippen LogP contribution is 2.02. The second-order valence-electron chi connectivity index (χ2n) is 6.90. The number of hydrogen-bond acceptors (Lipinski definition) is 8. The first-order valence-corrected chi connectivity index (χ1v) is 12.0. The van der Waals surface area contributed by atoms with Crippen molar-refractivity contribution in [1.29, 1.82) is 0 Å². The van der Waals surface area contributed by atoms with Gasteiger partial charge in [0.25, 0.3) is 0 Å². The molecule has 0 aliphatic heterocycles. The monoisotopic (exact) mass is 452 g/mol. The van der Waals surface area contributed by atoms with E-state index in [0.717, 1.165) is 19.6 Å². The van der Waals surface area contributed by atoms with Gasteiger partial charge in [-0.25, -0.2) is 0 Å². The first-order chi connectivity index (χ1) is 15.4. The topological polar surface area (TPSA) is 73.8 Å². The van der Waals surface area contributed by atoms with Crippen LogP contribution in [-0.4, -0.2) is 106 Å². The predicted octanol–water partition coefficient (Wildman–Crippen LogP) is 3.11. The van der Waals surface area contributed by atoms with E-state index < -0.39 is 0 Å². The lowest BCUT2D eigenvalue weighted by Gasteiger charge is -2.08. The van der Waals surface area contributed by atoms with E-state index in [1.54, 1.807) is 0 Å². The zero-order valence-electron chi connectivity index (χ0n) is 20.1. The van der Waals surface area contributed by atoms with Gasteiger partial charge in [-0.2, -0.15) is 0 Å². The number of rotatable bonds is 28. The molecule has 0 unspecified atom stereocenters. The standard InChI is InChI=1S/C23H48O8/c1-3-5-6-7-8-9-25-12-13-27-16-17-29-20-21-31-23-22-30-19-18-28-15-14-26-11-10-24-4-2/h3-23H2,1-2H3. The molecule has 0 bridgehead atoms. The Morgan fingerprint density at radius 1 is 0.290 bits per heavy atom. The van der Waals surface area contributed by atoms with E-state index in [0.29, 0.717) is 92.5 Å². The van der Waals surface area contributed by atoms with Crippen LogP contribution in [0.15, 0.2) is 0 Å². The van der Waals surface area contributed by atoms with Crippen molar-refractivity contribution in [1.82, 2.24) is 0 Å². The van der Waals surface area contributed by atoms with Crippen LogP contribution in [0.5, 0.6) is 0 Å². The average Bonchev–Trinajstić information content (AvgIpc) is 2.78. The van der Waals surface area contributed by atoms with Crippen LogP contribution in [0, 0.1) is 0 Å². The van der Waals surface area contributed by atoms with E-state index in [1.807, 2.05) is 6.92 Å². The summed E-state index contributed by atoms with van der Waals surface area (Å²) >= 11 is 0. The fraction of sp³-hybridized carbons (Fsp3) is 1.00. The molecule has 0 spiro atoms. The molecule has 0 fully saturated rings. The summed E-state index contributed by atoms with van der Waals surface area (Å²) < 4.78 is 43.3. The molecular weight excluding hydrogens is 404 g/mol. The Kier molecular flexibility index (Phi) is 29.4. The van der Waals surface area contributed by atoms with Crippen molar-refractivity contribution in [3.8, 4) is 0 Å². The molecule has 0 heterocycles. The first-order valence-electron chi connectivity index (χ1n) is 12.0. The van der Waals surface area contributed by atoms with E-state index in [9.17, 15) is 0 Å². The van der Waals surface area contributed by atoms with Crippen molar-refractivity contribution in [3.63, 3.8) is 0 Å². The Balaban J connectivity index is 2.98. The molecule has 0 aromatic carbocycles. The highest BCUT2D eigenvalue weighted by atomic mass is 16.6. The fourth-order valence-electron chi connectivity index (χ4n) is 2.49. The van der Waals surface area contributed by atoms with Gasteiger partial charge in [0.05, 0.1) is 92.5 Å². The van der Waals surface area contributed by atoms with Crippen molar-refractivity contribution in [3.05, 3.63) is 0 Å². The summed E-state index contributed by atoms with van der Waals surface area (Å²) in [6.45, 7) is 13.9. The van der Waals surface area contributed by atoms with Gasteiger partial charge in [0.1, 0.15) is 0 Å². The van der Waals surface area contributed by atoms with E-state index in [-0.39, 0.29) is 0 Å². The minimum absolute atomic E-state index is 0.552. The molecular formula is C23H48O8. The SMILES string of the molecule is CCCCCCCOCCOCCOCCOCCOCCOCCOCCOCC. The highest BCUT2D eigenvalue weighted by molar-refractivity contribution is 4.42. The van der Waals surface area contributed by atoms with Crippen LogP contribution in [0.3, 0.4) is 0 Å². The smallest absolute Gasteiger partial charge is 0.0701 e. The third-order valence-corrected chi connectivity index (χ3v) is 4.20. The Morgan fingerprint density at radius 2 is 0.581 bits per heavy atom. The van der Waals surface area contributed by atoms with Gasteiger partial charge < -0.3 is 37.9 Å². The van der Waals surface area contributed by atoms with E-state index >= 15 is 0 Å². The normalized spacial score (nSPS) is 11.4. The molecule has 0 saturated carbocycles. The van der Waals surface area contributed by atoms with Crippen molar-refractivity contribution in [2.75, 3.05) is 106 Å². The number of unbranched alkanes of at least 4 members (excludes halogenated alkanes) is 4. The summed E-state index contributed by atoms with van der Waals surface area (Å²) in [5.74, 6) is 0. The largest absolute Gasteiger partial charge is 0.379 e. The van der Waals surface area contributed by atoms with E-state index in [1.165, 1.54) is 25.7 Å². The molecule has 31 heavy (non-hydrogen) atoms. The molecule has 0 aromatic heterocycles. The van der Waals surface area contributed by atoms with Crippen molar-refractivity contribution < 1.29 is 37.9 Å². The lowest BCUT2D eigenvalue weighted by Crippen LogP contribution is -2.15. The summed E-state index contributed by atoms with van der Waals surface area (Å²) in [4.78, 5) is 0. The Bertz CT molecular complexity index is 279. The molecule has 0 aromatic rings. The molecule has 0 saturated heterocycles. The zero-order chi connectivity index (χ0) is 22.5. The van der Waals surface area contributed by atoms with Crippen molar-refractivity contribution >= 4 is 0 Å². The van der Waals surface area contributed by atoms with Gasteiger partial charge in [-0.3, -0.25) is 0 Å². The van der Waals surface area contributed by atoms with E-state index in [2.05, 4.69) is 6.92 Å². The number of hydrogen-bond donors (Lipinski definition) is 0. The Labute approximate surface area is 190 Å². The molecule has 0 amide bonds. The van der Waals surface area contributed by atoms with Gasteiger partial charge in [0.15, 0.2) is 0 Å². The zero-order valence-corrected chi connectivity index (χ0v) is 20.1.